The molecule has 0 aliphatic carbocycles. The van der Waals surface area contributed by atoms with Crippen LogP contribution in [0, 0.1) is 5.92 Å². The Labute approximate surface area is 125 Å². The Balaban J connectivity index is 2.17. The summed E-state index contributed by atoms with van der Waals surface area (Å²) >= 11 is 0. The third kappa shape index (κ3) is 3.81. The minimum Gasteiger partial charge on any atom is -0.497 e. The van der Waals surface area contributed by atoms with Gasteiger partial charge in [0, 0.05) is 18.0 Å². The second-order valence-corrected chi connectivity index (χ2v) is 5.20. The Morgan fingerprint density at radius 2 is 1.71 bits per heavy atom. The maximum atomic E-state index is 12.3. The van der Waals surface area contributed by atoms with Crippen molar-refractivity contribution >= 4 is 5.91 Å². The maximum absolute atomic E-state index is 12.3. The third-order valence-corrected chi connectivity index (χ3v) is 3.37. The highest BCUT2D eigenvalue weighted by Crippen LogP contribution is 2.24. The molecular weight excluding hydrogens is 264 g/mol. The highest BCUT2D eigenvalue weighted by atomic mass is 16.5. The number of ether oxygens (including phenoxy) is 1. The average molecular weight is 284 g/mol. The number of carbonyl (C=O) groups is 1. The molecule has 1 amide bonds. The van der Waals surface area contributed by atoms with Crippen LogP contribution in [0.25, 0.3) is 0 Å². The van der Waals surface area contributed by atoms with Crippen molar-refractivity contribution in [3.63, 3.8) is 0 Å². The van der Waals surface area contributed by atoms with Gasteiger partial charge in [0.2, 0.25) is 0 Å². The molecular formula is C17H20N2O2. The molecule has 1 heterocycles. The molecule has 0 radical (unpaired) electrons. The van der Waals surface area contributed by atoms with Gasteiger partial charge in [-0.1, -0.05) is 26.0 Å². The van der Waals surface area contributed by atoms with Gasteiger partial charge < -0.3 is 10.1 Å². The van der Waals surface area contributed by atoms with Crippen molar-refractivity contribution in [2.24, 2.45) is 5.92 Å². The summed E-state index contributed by atoms with van der Waals surface area (Å²) in [6.45, 7) is 4.17. The number of benzene rings is 1. The van der Waals surface area contributed by atoms with Crippen molar-refractivity contribution in [3.05, 3.63) is 59.9 Å². The smallest absolute Gasteiger partial charge is 0.251 e. The van der Waals surface area contributed by atoms with E-state index in [9.17, 15) is 4.79 Å². The van der Waals surface area contributed by atoms with Gasteiger partial charge in [-0.25, -0.2) is 0 Å². The number of nitrogens with one attached hydrogen (secondary N) is 1. The first-order valence-corrected chi connectivity index (χ1v) is 6.96. The summed E-state index contributed by atoms with van der Waals surface area (Å²) < 4.78 is 5.17. The molecule has 110 valence electrons. The number of carbonyl (C=O) groups excluding carboxylic acids is 1. The summed E-state index contributed by atoms with van der Waals surface area (Å²) in [7, 11) is 1.64. The van der Waals surface area contributed by atoms with Crippen molar-refractivity contribution in [1.29, 1.82) is 0 Å². The van der Waals surface area contributed by atoms with E-state index < -0.39 is 0 Å². The van der Waals surface area contributed by atoms with E-state index in [-0.39, 0.29) is 17.9 Å². The number of hydrogen-bond donors (Lipinski definition) is 1. The van der Waals surface area contributed by atoms with Gasteiger partial charge >= 0.3 is 0 Å². The molecule has 4 nitrogen and oxygen atoms in total. The molecule has 0 saturated heterocycles. The topological polar surface area (TPSA) is 51.2 Å². The van der Waals surface area contributed by atoms with E-state index in [0.717, 1.165) is 11.3 Å². The number of aromatic nitrogens is 1. The highest BCUT2D eigenvalue weighted by Gasteiger charge is 2.19. The fraction of sp³-hybridized carbons (Fsp3) is 0.294. The van der Waals surface area contributed by atoms with Crippen LogP contribution in [0.2, 0.25) is 0 Å². The number of methoxy groups -OCH3 is 1. The molecule has 2 rings (SSSR count). The lowest BCUT2D eigenvalue weighted by atomic mass is 9.95. The van der Waals surface area contributed by atoms with E-state index in [4.69, 9.17) is 4.74 Å². The predicted molar refractivity (Wildman–Crippen MR) is 82.3 cm³/mol. The lowest BCUT2D eigenvalue weighted by molar-refractivity contribution is 0.0925. The lowest BCUT2D eigenvalue weighted by Crippen LogP contribution is -2.31. The number of amides is 1. The number of pyridine rings is 1. The molecule has 1 N–H and O–H groups in total. The first-order chi connectivity index (χ1) is 10.1. The van der Waals surface area contributed by atoms with E-state index in [0.29, 0.717) is 5.56 Å². The second-order valence-electron chi connectivity index (χ2n) is 5.20. The van der Waals surface area contributed by atoms with Crippen LogP contribution in [-0.4, -0.2) is 18.0 Å². The van der Waals surface area contributed by atoms with E-state index in [1.165, 1.54) is 0 Å². The van der Waals surface area contributed by atoms with Gasteiger partial charge in [0.1, 0.15) is 5.75 Å². The minimum atomic E-state index is -0.0908. The van der Waals surface area contributed by atoms with Crippen molar-refractivity contribution in [1.82, 2.24) is 10.3 Å². The molecule has 0 saturated carbocycles. The van der Waals surface area contributed by atoms with Crippen molar-refractivity contribution < 1.29 is 9.53 Å². The van der Waals surface area contributed by atoms with Gasteiger partial charge in [-0.15, -0.1) is 0 Å². The molecule has 0 spiro atoms. The van der Waals surface area contributed by atoms with E-state index >= 15 is 0 Å². The van der Waals surface area contributed by atoms with E-state index in [2.05, 4.69) is 24.1 Å². The molecule has 0 aliphatic rings. The van der Waals surface area contributed by atoms with Gasteiger partial charge in [0.15, 0.2) is 0 Å². The normalized spacial score (nSPS) is 12.0. The zero-order valence-electron chi connectivity index (χ0n) is 12.5. The van der Waals surface area contributed by atoms with Crippen LogP contribution < -0.4 is 10.1 Å². The van der Waals surface area contributed by atoms with Crippen LogP contribution in [0.1, 0.15) is 35.8 Å². The standard InChI is InChI=1S/C17H20N2O2/c1-12(2)16(13-4-6-15(21-3)7-5-13)19-17(20)14-8-10-18-11-9-14/h4-12,16H,1-3H3,(H,19,20). The quantitative estimate of drug-likeness (QED) is 0.917. The van der Waals surface area contributed by atoms with Crippen molar-refractivity contribution in [2.75, 3.05) is 7.11 Å². The molecule has 1 atom stereocenters. The molecule has 1 unspecified atom stereocenters. The molecule has 21 heavy (non-hydrogen) atoms. The molecule has 0 aliphatic heterocycles. The maximum Gasteiger partial charge on any atom is 0.251 e. The zero-order valence-corrected chi connectivity index (χ0v) is 12.5. The molecule has 2 aromatic rings. The van der Waals surface area contributed by atoms with Crippen LogP contribution in [-0.2, 0) is 0 Å². The second kappa shape index (κ2) is 6.88. The van der Waals surface area contributed by atoms with Gasteiger partial charge in [-0.3, -0.25) is 9.78 Å². The summed E-state index contributed by atoms with van der Waals surface area (Å²) in [6, 6.07) is 11.2. The summed E-state index contributed by atoms with van der Waals surface area (Å²) in [6.07, 6.45) is 3.24. The van der Waals surface area contributed by atoms with Crippen molar-refractivity contribution in [2.45, 2.75) is 19.9 Å². The van der Waals surface area contributed by atoms with Crippen LogP contribution in [0.5, 0.6) is 5.75 Å². The van der Waals surface area contributed by atoms with E-state index in [1.54, 1.807) is 31.6 Å². The largest absolute Gasteiger partial charge is 0.497 e. The van der Waals surface area contributed by atoms with Gasteiger partial charge in [-0.05, 0) is 35.7 Å². The summed E-state index contributed by atoms with van der Waals surface area (Å²) in [5, 5.41) is 3.08. The van der Waals surface area contributed by atoms with Gasteiger partial charge in [0.05, 0.1) is 13.2 Å². The Morgan fingerprint density at radius 1 is 1.10 bits per heavy atom. The number of rotatable bonds is 5. The van der Waals surface area contributed by atoms with Crippen LogP contribution in [0.4, 0.5) is 0 Å². The molecule has 1 aromatic carbocycles. The average Bonchev–Trinajstić information content (AvgIpc) is 2.53. The SMILES string of the molecule is COc1ccc(C(NC(=O)c2ccncc2)C(C)C)cc1. The first-order valence-electron chi connectivity index (χ1n) is 6.96. The summed E-state index contributed by atoms with van der Waals surface area (Å²) in [5.41, 5.74) is 1.68. The van der Waals surface area contributed by atoms with Gasteiger partial charge in [-0.2, -0.15) is 0 Å². The first kappa shape index (κ1) is 15.0. The summed E-state index contributed by atoms with van der Waals surface area (Å²) in [4.78, 5) is 16.2. The van der Waals surface area contributed by atoms with Crippen molar-refractivity contribution in [3.8, 4) is 5.75 Å². The minimum absolute atomic E-state index is 0.0448. The zero-order chi connectivity index (χ0) is 15.2. The number of nitrogens with zero attached hydrogens (tertiary/aromatic N) is 1. The fourth-order valence-corrected chi connectivity index (χ4v) is 2.17. The number of hydrogen-bond acceptors (Lipinski definition) is 3. The third-order valence-electron chi connectivity index (χ3n) is 3.37. The Kier molecular flexibility index (Phi) is 4.93. The lowest BCUT2D eigenvalue weighted by Gasteiger charge is -2.23. The summed E-state index contributed by atoms with van der Waals surface area (Å²) in [5.74, 6) is 0.998. The molecule has 1 aromatic heterocycles. The van der Waals surface area contributed by atoms with Gasteiger partial charge in [0.25, 0.3) is 5.91 Å². The fourth-order valence-electron chi connectivity index (χ4n) is 2.17. The Morgan fingerprint density at radius 3 is 2.24 bits per heavy atom. The van der Waals surface area contributed by atoms with Crippen LogP contribution in [0.3, 0.4) is 0 Å². The molecule has 4 heteroatoms. The van der Waals surface area contributed by atoms with E-state index in [1.807, 2.05) is 24.3 Å². The van der Waals surface area contributed by atoms with Crippen LogP contribution >= 0.6 is 0 Å². The molecule has 0 fully saturated rings. The Hall–Kier alpha value is -2.36. The molecule has 0 bridgehead atoms. The monoisotopic (exact) mass is 284 g/mol. The highest BCUT2D eigenvalue weighted by molar-refractivity contribution is 5.94. The predicted octanol–water partition coefficient (Wildman–Crippen LogP) is 3.22. The van der Waals surface area contributed by atoms with Crippen LogP contribution in [0.15, 0.2) is 48.8 Å². The Bertz CT molecular complexity index is 579.